The number of likely N-dealkylation sites (tertiary alicyclic amines) is 2. The lowest BCUT2D eigenvalue weighted by Crippen LogP contribution is -2.43. The molecule has 1 spiro atoms. The highest BCUT2D eigenvalue weighted by Gasteiger charge is 2.44. The minimum absolute atomic E-state index is 0.229. The zero-order chi connectivity index (χ0) is 17.1. The summed E-state index contributed by atoms with van der Waals surface area (Å²) in [6, 6.07) is 4.03. The van der Waals surface area contributed by atoms with Crippen LogP contribution in [-0.2, 0) is 11.3 Å². The van der Waals surface area contributed by atoms with Gasteiger partial charge < -0.3 is 9.80 Å². The Balaban J connectivity index is 1.30. The van der Waals surface area contributed by atoms with Gasteiger partial charge in [-0.1, -0.05) is 12.2 Å². The van der Waals surface area contributed by atoms with Crippen LogP contribution in [0.1, 0.15) is 44.1 Å². The molecule has 25 heavy (non-hydrogen) atoms. The van der Waals surface area contributed by atoms with Crippen LogP contribution in [0.2, 0.25) is 0 Å². The summed E-state index contributed by atoms with van der Waals surface area (Å²) in [6.45, 7) is 5.25. The Labute approximate surface area is 150 Å². The maximum absolute atomic E-state index is 12.5. The Morgan fingerprint density at radius 2 is 1.96 bits per heavy atom. The van der Waals surface area contributed by atoms with Crippen molar-refractivity contribution in [1.82, 2.24) is 14.8 Å². The van der Waals surface area contributed by atoms with Gasteiger partial charge >= 0.3 is 0 Å². The SMILES string of the molecule is O=C1CC2(CCN(CC3CC=CCC3)CC2)CN1Cc1ccncc1. The zero-order valence-corrected chi connectivity index (χ0v) is 15.1. The van der Waals surface area contributed by atoms with Crippen LogP contribution in [-0.4, -0.2) is 46.9 Å². The number of aromatic nitrogens is 1. The van der Waals surface area contributed by atoms with Crippen LogP contribution in [0.5, 0.6) is 0 Å². The highest BCUT2D eigenvalue weighted by atomic mass is 16.2. The zero-order valence-electron chi connectivity index (χ0n) is 15.1. The van der Waals surface area contributed by atoms with Gasteiger partial charge in [0, 0.05) is 38.4 Å². The van der Waals surface area contributed by atoms with Crippen molar-refractivity contribution in [3.8, 4) is 0 Å². The molecule has 1 unspecified atom stereocenters. The average molecular weight is 339 g/mol. The fourth-order valence-corrected chi connectivity index (χ4v) is 4.77. The number of carbonyl (C=O) groups excluding carboxylic acids is 1. The van der Waals surface area contributed by atoms with Crippen LogP contribution in [0.15, 0.2) is 36.7 Å². The van der Waals surface area contributed by atoms with Crippen molar-refractivity contribution in [3.63, 3.8) is 0 Å². The van der Waals surface area contributed by atoms with Crippen LogP contribution in [0.3, 0.4) is 0 Å². The topological polar surface area (TPSA) is 36.4 Å². The van der Waals surface area contributed by atoms with Crippen molar-refractivity contribution in [2.75, 3.05) is 26.2 Å². The number of nitrogens with zero attached hydrogens (tertiary/aromatic N) is 3. The number of rotatable bonds is 4. The molecule has 3 heterocycles. The fraction of sp³-hybridized carbons (Fsp3) is 0.619. The molecule has 1 aromatic heterocycles. The molecule has 1 atom stereocenters. The number of carbonyl (C=O) groups is 1. The minimum Gasteiger partial charge on any atom is -0.338 e. The summed E-state index contributed by atoms with van der Waals surface area (Å²) in [5.74, 6) is 1.18. The van der Waals surface area contributed by atoms with Crippen LogP contribution < -0.4 is 0 Å². The lowest BCUT2D eigenvalue weighted by Gasteiger charge is -2.40. The first-order valence-electron chi connectivity index (χ1n) is 9.77. The summed E-state index contributed by atoms with van der Waals surface area (Å²) < 4.78 is 0. The monoisotopic (exact) mass is 339 g/mol. The van der Waals surface area contributed by atoms with Crippen molar-refractivity contribution in [2.24, 2.45) is 11.3 Å². The summed E-state index contributed by atoms with van der Waals surface area (Å²) >= 11 is 0. The third-order valence-corrected chi connectivity index (χ3v) is 6.34. The van der Waals surface area contributed by atoms with E-state index in [2.05, 4.69) is 26.9 Å². The summed E-state index contributed by atoms with van der Waals surface area (Å²) in [6.07, 6.45) is 15.2. The molecular formula is C21H29N3O. The smallest absolute Gasteiger partial charge is 0.223 e. The number of amides is 1. The van der Waals surface area contributed by atoms with E-state index in [9.17, 15) is 4.79 Å². The summed E-state index contributed by atoms with van der Waals surface area (Å²) in [5, 5.41) is 0. The Hall–Kier alpha value is -1.68. The van der Waals surface area contributed by atoms with Gasteiger partial charge in [0.2, 0.25) is 5.91 Å². The second-order valence-electron chi connectivity index (χ2n) is 8.23. The van der Waals surface area contributed by atoms with Crippen molar-refractivity contribution in [1.29, 1.82) is 0 Å². The van der Waals surface area contributed by atoms with Crippen molar-refractivity contribution >= 4 is 5.91 Å². The molecule has 0 radical (unpaired) electrons. The van der Waals surface area contributed by atoms with Gasteiger partial charge in [0.1, 0.15) is 0 Å². The van der Waals surface area contributed by atoms with E-state index in [4.69, 9.17) is 0 Å². The second kappa shape index (κ2) is 7.28. The van der Waals surface area contributed by atoms with Gasteiger partial charge in [-0.3, -0.25) is 9.78 Å². The first-order chi connectivity index (χ1) is 12.2. The van der Waals surface area contributed by atoms with Crippen molar-refractivity contribution in [2.45, 2.75) is 45.1 Å². The summed E-state index contributed by atoms with van der Waals surface area (Å²) in [7, 11) is 0. The molecule has 4 nitrogen and oxygen atoms in total. The molecule has 1 aromatic rings. The third kappa shape index (κ3) is 3.95. The molecule has 134 valence electrons. The van der Waals surface area contributed by atoms with Gasteiger partial charge in [-0.2, -0.15) is 0 Å². The molecule has 4 heteroatoms. The molecule has 1 aliphatic carbocycles. The lowest BCUT2D eigenvalue weighted by molar-refractivity contribution is -0.128. The van der Waals surface area contributed by atoms with E-state index < -0.39 is 0 Å². The number of hydrogen-bond acceptors (Lipinski definition) is 3. The summed E-state index contributed by atoms with van der Waals surface area (Å²) in [4.78, 5) is 21.3. The number of piperidine rings is 1. The van der Waals surface area contributed by atoms with E-state index >= 15 is 0 Å². The van der Waals surface area contributed by atoms with Crippen LogP contribution in [0.25, 0.3) is 0 Å². The molecule has 2 aliphatic heterocycles. The largest absolute Gasteiger partial charge is 0.338 e. The molecule has 0 saturated carbocycles. The van der Waals surface area contributed by atoms with Crippen molar-refractivity contribution in [3.05, 3.63) is 42.2 Å². The lowest BCUT2D eigenvalue weighted by atomic mass is 9.77. The van der Waals surface area contributed by atoms with Gasteiger partial charge in [0.25, 0.3) is 0 Å². The van der Waals surface area contributed by atoms with Crippen LogP contribution in [0, 0.1) is 11.3 Å². The quantitative estimate of drug-likeness (QED) is 0.790. The molecule has 1 amide bonds. The van der Waals surface area contributed by atoms with E-state index in [0.717, 1.165) is 38.5 Å². The van der Waals surface area contributed by atoms with Gasteiger partial charge in [0.05, 0.1) is 0 Å². The Bertz CT molecular complexity index is 619. The maximum atomic E-state index is 12.5. The number of pyridine rings is 1. The van der Waals surface area contributed by atoms with Gasteiger partial charge in [-0.15, -0.1) is 0 Å². The van der Waals surface area contributed by atoms with Crippen LogP contribution in [0.4, 0.5) is 0 Å². The highest BCUT2D eigenvalue weighted by Crippen LogP contribution is 2.41. The third-order valence-electron chi connectivity index (χ3n) is 6.34. The van der Waals surface area contributed by atoms with Gasteiger partial charge in [-0.05, 0) is 74.2 Å². The Morgan fingerprint density at radius 1 is 1.16 bits per heavy atom. The Kier molecular flexibility index (Phi) is 4.89. The van der Waals surface area contributed by atoms with E-state index in [1.807, 2.05) is 24.5 Å². The molecule has 2 saturated heterocycles. The molecule has 3 aliphatic rings. The first-order valence-corrected chi connectivity index (χ1v) is 9.77. The van der Waals surface area contributed by atoms with Gasteiger partial charge in [-0.25, -0.2) is 0 Å². The van der Waals surface area contributed by atoms with Gasteiger partial charge in [0.15, 0.2) is 0 Å². The van der Waals surface area contributed by atoms with E-state index in [0.29, 0.717) is 5.91 Å². The number of hydrogen-bond donors (Lipinski definition) is 0. The molecule has 0 aromatic carbocycles. The minimum atomic E-state index is 0.229. The van der Waals surface area contributed by atoms with Crippen molar-refractivity contribution < 1.29 is 4.79 Å². The van der Waals surface area contributed by atoms with E-state index in [1.54, 1.807) is 0 Å². The molecule has 0 bridgehead atoms. The molecule has 2 fully saturated rings. The Morgan fingerprint density at radius 3 is 2.68 bits per heavy atom. The molecule has 4 rings (SSSR count). The maximum Gasteiger partial charge on any atom is 0.223 e. The predicted octanol–water partition coefficient (Wildman–Crippen LogP) is 3.25. The van der Waals surface area contributed by atoms with Crippen LogP contribution >= 0.6 is 0 Å². The molecular weight excluding hydrogens is 310 g/mol. The molecule has 0 N–H and O–H groups in total. The first kappa shape index (κ1) is 16.8. The van der Waals surface area contributed by atoms with E-state index in [1.165, 1.54) is 44.2 Å². The normalized spacial score (nSPS) is 26.5. The highest BCUT2D eigenvalue weighted by molar-refractivity contribution is 5.79. The predicted molar refractivity (Wildman–Crippen MR) is 98.9 cm³/mol. The van der Waals surface area contributed by atoms with E-state index in [-0.39, 0.29) is 5.41 Å². The summed E-state index contributed by atoms with van der Waals surface area (Å²) in [5.41, 5.74) is 1.41. The second-order valence-corrected chi connectivity index (χ2v) is 8.23. The standard InChI is InChI=1S/C21H29N3O/c25-20-14-21(17-24(20)16-19-6-10-22-11-7-19)8-12-23(13-9-21)15-18-4-2-1-3-5-18/h1-2,6-7,10-11,18H,3-5,8-9,12-17H2. The number of allylic oxidation sites excluding steroid dienone is 2. The fourth-order valence-electron chi connectivity index (χ4n) is 4.77. The average Bonchev–Trinajstić information content (AvgIpc) is 2.94.